The maximum absolute atomic E-state index is 11.2. The van der Waals surface area contributed by atoms with E-state index in [1.54, 1.807) is 50.5 Å². The first-order valence-electron chi connectivity index (χ1n) is 13.5. The Kier molecular flexibility index (Phi) is 8.27. The van der Waals surface area contributed by atoms with Gasteiger partial charge in [-0.25, -0.2) is 0 Å². The van der Waals surface area contributed by atoms with E-state index >= 15 is 0 Å². The third-order valence-electron chi connectivity index (χ3n) is 6.90. The van der Waals surface area contributed by atoms with Crippen LogP contribution in [0.2, 0.25) is 0 Å². The van der Waals surface area contributed by atoms with Crippen LogP contribution in [0.15, 0.2) is 70.9 Å². The molecular formula is C29H31N11O2. The number of hydrogen-bond donors (Lipinski definition) is 2. The Bertz CT molecular complexity index is 1640. The van der Waals surface area contributed by atoms with E-state index in [0.29, 0.717) is 33.9 Å². The minimum Gasteiger partial charge on any atom is -0.508 e. The van der Waals surface area contributed by atoms with Crippen LogP contribution in [0.3, 0.4) is 0 Å². The van der Waals surface area contributed by atoms with Crippen LogP contribution < -0.4 is 4.90 Å². The second kappa shape index (κ2) is 12.4. The van der Waals surface area contributed by atoms with Crippen molar-refractivity contribution >= 4 is 18.1 Å². The summed E-state index contributed by atoms with van der Waals surface area (Å²) in [6.45, 7) is 9.39. The van der Waals surface area contributed by atoms with E-state index in [1.165, 1.54) is 9.58 Å². The molecule has 0 aliphatic carbocycles. The number of hydrogen-bond acceptors (Lipinski definition) is 11. The van der Waals surface area contributed by atoms with Crippen molar-refractivity contribution in [2.24, 2.45) is 10.2 Å². The lowest BCUT2D eigenvalue weighted by molar-refractivity contribution is 0.458. The summed E-state index contributed by atoms with van der Waals surface area (Å²) in [4.78, 5) is 4.88. The van der Waals surface area contributed by atoms with Crippen LogP contribution in [0.4, 0.5) is 5.69 Å². The fraction of sp³-hybridized carbons (Fsp3) is 0.241. The Labute approximate surface area is 242 Å². The van der Waals surface area contributed by atoms with Crippen LogP contribution in [0.1, 0.15) is 59.2 Å². The molecule has 0 aliphatic rings. The number of tetrazole rings is 2. The van der Waals surface area contributed by atoms with Gasteiger partial charge in [0, 0.05) is 35.8 Å². The molecule has 0 fully saturated rings. The molecule has 0 radical (unpaired) electrons. The molecule has 0 bridgehead atoms. The number of benzene rings is 3. The van der Waals surface area contributed by atoms with Crippen LogP contribution in [-0.4, -0.2) is 76.4 Å². The van der Waals surface area contributed by atoms with Crippen molar-refractivity contribution in [3.8, 4) is 11.5 Å². The Morgan fingerprint density at radius 3 is 1.74 bits per heavy atom. The third-order valence-corrected chi connectivity index (χ3v) is 6.90. The van der Waals surface area contributed by atoms with Crippen molar-refractivity contribution in [1.82, 2.24) is 40.6 Å². The first-order chi connectivity index (χ1) is 20.4. The molecule has 0 amide bonds. The molecule has 5 rings (SSSR count). The summed E-state index contributed by atoms with van der Waals surface area (Å²) in [5, 5.41) is 53.7. The zero-order valence-corrected chi connectivity index (χ0v) is 23.7. The zero-order chi connectivity index (χ0) is 29.6. The van der Waals surface area contributed by atoms with Crippen LogP contribution in [0, 0.1) is 13.8 Å². The lowest BCUT2D eigenvalue weighted by Crippen LogP contribution is -2.22. The normalized spacial score (nSPS) is 12.4. The highest BCUT2D eigenvalue weighted by atomic mass is 16.3. The van der Waals surface area contributed by atoms with Crippen LogP contribution in [0.5, 0.6) is 11.5 Å². The predicted octanol–water partition coefficient (Wildman–Crippen LogP) is 3.48. The van der Waals surface area contributed by atoms with Crippen LogP contribution in [0.25, 0.3) is 0 Å². The monoisotopic (exact) mass is 565 g/mol. The van der Waals surface area contributed by atoms with Crippen molar-refractivity contribution in [3.63, 3.8) is 0 Å². The molecule has 13 heteroatoms. The quantitative estimate of drug-likeness (QED) is 0.191. The summed E-state index contributed by atoms with van der Waals surface area (Å²) in [5.74, 6) is 0.693. The molecule has 2 heterocycles. The fourth-order valence-corrected chi connectivity index (χ4v) is 4.70. The SMILES string of the molecule is CCN(CC)c1cccc(C(c2cc(C=Nn3nnnc3C)ccc2O)c2cc(C=Nn3nnnc3C)ccc2O)c1. The molecule has 2 N–H and O–H groups in total. The first kappa shape index (κ1) is 28.1. The lowest BCUT2D eigenvalue weighted by Gasteiger charge is -2.25. The Balaban J connectivity index is 1.64. The van der Waals surface area contributed by atoms with Crippen molar-refractivity contribution in [3.05, 3.63) is 100 Å². The molecule has 0 spiro atoms. The van der Waals surface area contributed by atoms with Gasteiger partial charge in [-0.15, -0.1) is 19.8 Å². The van der Waals surface area contributed by atoms with Gasteiger partial charge in [0.25, 0.3) is 0 Å². The molecular weight excluding hydrogens is 534 g/mol. The predicted molar refractivity (Wildman–Crippen MR) is 158 cm³/mol. The summed E-state index contributed by atoms with van der Waals surface area (Å²) in [6, 6.07) is 18.6. The summed E-state index contributed by atoms with van der Waals surface area (Å²) >= 11 is 0. The molecule has 0 unspecified atom stereocenters. The van der Waals surface area contributed by atoms with Gasteiger partial charge in [-0.3, -0.25) is 0 Å². The Morgan fingerprint density at radius 1 is 0.762 bits per heavy atom. The van der Waals surface area contributed by atoms with Crippen molar-refractivity contribution < 1.29 is 10.2 Å². The number of phenolic OH excluding ortho intramolecular Hbond substituents is 2. The first-order valence-corrected chi connectivity index (χ1v) is 13.5. The van der Waals surface area contributed by atoms with Crippen molar-refractivity contribution in [2.45, 2.75) is 33.6 Å². The van der Waals surface area contributed by atoms with Crippen LogP contribution in [-0.2, 0) is 0 Å². The van der Waals surface area contributed by atoms with Crippen molar-refractivity contribution in [2.75, 3.05) is 18.0 Å². The number of aryl methyl sites for hydroxylation is 2. The highest BCUT2D eigenvalue weighted by Crippen LogP contribution is 2.42. The van der Waals surface area contributed by atoms with E-state index in [0.717, 1.165) is 24.3 Å². The Morgan fingerprint density at radius 2 is 1.29 bits per heavy atom. The standard InChI is InChI=1S/C29H31N11O2/c1-5-38(6-2)24-9-7-8-23(16-24)29(25-14-21(10-12-27(25)41)17-30-39-19(3)32-34-36-39)26-15-22(11-13-28(26)42)18-31-40-20(4)33-35-37-40/h7-18,29,41-42H,5-6H2,1-4H3. The summed E-state index contributed by atoms with van der Waals surface area (Å²) in [6.07, 6.45) is 3.24. The molecule has 0 atom stereocenters. The van der Waals surface area contributed by atoms with Gasteiger partial charge in [-0.05, 0) is 114 Å². The topological polar surface area (TPSA) is 156 Å². The van der Waals surface area contributed by atoms with E-state index in [9.17, 15) is 10.2 Å². The minimum atomic E-state index is -0.535. The summed E-state index contributed by atoms with van der Waals surface area (Å²) in [5.41, 5.74) is 4.54. The Hall–Kier alpha value is -5.46. The van der Waals surface area contributed by atoms with E-state index in [4.69, 9.17) is 0 Å². The smallest absolute Gasteiger partial charge is 0.173 e. The van der Waals surface area contributed by atoms with Gasteiger partial charge in [0.2, 0.25) is 0 Å². The van der Waals surface area contributed by atoms with Gasteiger partial charge < -0.3 is 15.1 Å². The number of nitrogens with zero attached hydrogens (tertiary/aromatic N) is 11. The lowest BCUT2D eigenvalue weighted by atomic mass is 9.82. The van der Waals surface area contributed by atoms with E-state index in [1.807, 2.05) is 24.3 Å². The maximum atomic E-state index is 11.2. The molecule has 214 valence electrons. The number of phenols is 2. The molecule has 0 aliphatic heterocycles. The van der Waals surface area contributed by atoms with Gasteiger partial charge in [0.15, 0.2) is 11.6 Å². The van der Waals surface area contributed by atoms with Crippen LogP contribution >= 0.6 is 0 Å². The molecule has 2 aromatic heterocycles. The maximum Gasteiger partial charge on any atom is 0.173 e. The fourth-order valence-electron chi connectivity index (χ4n) is 4.70. The van der Waals surface area contributed by atoms with Gasteiger partial charge in [0.1, 0.15) is 11.5 Å². The van der Waals surface area contributed by atoms with Gasteiger partial charge in [0.05, 0.1) is 12.4 Å². The average Bonchev–Trinajstić information content (AvgIpc) is 3.61. The molecule has 13 nitrogen and oxygen atoms in total. The van der Waals surface area contributed by atoms with E-state index in [-0.39, 0.29) is 11.5 Å². The minimum absolute atomic E-state index is 0.0757. The number of aromatic nitrogens is 8. The average molecular weight is 566 g/mol. The second-order valence-electron chi connectivity index (χ2n) is 9.56. The molecule has 5 aromatic rings. The van der Waals surface area contributed by atoms with Crippen molar-refractivity contribution in [1.29, 1.82) is 0 Å². The highest BCUT2D eigenvalue weighted by Gasteiger charge is 2.24. The molecule has 0 saturated heterocycles. The molecule has 42 heavy (non-hydrogen) atoms. The number of anilines is 1. The number of aromatic hydroxyl groups is 2. The largest absolute Gasteiger partial charge is 0.508 e. The molecule has 3 aromatic carbocycles. The highest BCUT2D eigenvalue weighted by molar-refractivity contribution is 5.82. The third kappa shape index (κ3) is 5.99. The molecule has 0 saturated carbocycles. The number of rotatable bonds is 10. The zero-order valence-electron chi connectivity index (χ0n) is 23.7. The summed E-state index contributed by atoms with van der Waals surface area (Å²) < 4.78 is 0. The van der Waals surface area contributed by atoms with Gasteiger partial charge in [-0.2, -0.15) is 10.2 Å². The summed E-state index contributed by atoms with van der Waals surface area (Å²) in [7, 11) is 0. The second-order valence-corrected chi connectivity index (χ2v) is 9.56. The van der Waals surface area contributed by atoms with E-state index < -0.39 is 5.92 Å². The van der Waals surface area contributed by atoms with Gasteiger partial charge >= 0.3 is 0 Å². The van der Waals surface area contributed by atoms with Gasteiger partial charge in [-0.1, -0.05) is 12.1 Å². The van der Waals surface area contributed by atoms with E-state index in [2.05, 4.69) is 72.1 Å².